The van der Waals surface area contributed by atoms with E-state index in [4.69, 9.17) is 10.2 Å². The predicted octanol–water partition coefficient (Wildman–Crippen LogP) is 4.75. The van der Waals surface area contributed by atoms with Gasteiger partial charge in [0.05, 0.1) is 36.5 Å². The molecule has 250 valence electrons. The predicted molar refractivity (Wildman–Crippen MR) is 196 cm³/mol. The van der Waals surface area contributed by atoms with Crippen LogP contribution in [0.2, 0.25) is 44.8 Å². The Morgan fingerprint density at radius 1 is 0.745 bits per heavy atom. The van der Waals surface area contributed by atoms with E-state index in [1.54, 1.807) is 34.1 Å². The van der Waals surface area contributed by atoms with Gasteiger partial charge in [-0.05, 0) is 31.4 Å². The molecule has 1 heterocycles. The maximum absolute atomic E-state index is 11.5. The SMILES string of the molecule is CC1(C(=O)O)C=CC=C(C(=O)O)C1.CC1(C(=O)O)C=CC=C(C(=O)O)C1[Si](C)(C)C.C[Si](C)(C)c1cccc2c1-c1ccccc1[SiH2]2. The van der Waals surface area contributed by atoms with Gasteiger partial charge in [-0.2, -0.15) is 0 Å². The van der Waals surface area contributed by atoms with Crippen LogP contribution < -0.4 is 15.6 Å². The number of carboxylic acid groups (broad SMARTS) is 4. The van der Waals surface area contributed by atoms with Crippen LogP contribution in [0.5, 0.6) is 0 Å². The highest BCUT2D eigenvalue weighted by molar-refractivity contribution is 6.91. The third kappa shape index (κ3) is 8.27. The molecule has 11 heteroatoms. The van der Waals surface area contributed by atoms with Crippen molar-refractivity contribution in [2.24, 2.45) is 10.8 Å². The van der Waals surface area contributed by atoms with Crippen LogP contribution in [0.1, 0.15) is 20.3 Å². The first-order valence-electron chi connectivity index (χ1n) is 15.6. The van der Waals surface area contributed by atoms with E-state index in [1.165, 1.54) is 42.9 Å². The van der Waals surface area contributed by atoms with Crippen LogP contribution >= 0.6 is 0 Å². The second-order valence-corrected chi connectivity index (χ2v) is 27.1. The molecule has 0 fully saturated rings. The van der Waals surface area contributed by atoms with E-state index in [1.807, 2.05) is 19.6 Å². The van der Waals surface area contributed by atoms with E-state index in [-0.39, 0.29) is 27.1 Å². The fourth-order valence-corrected chi connectivity index (χ4v) is 13.6. The number of rotatable bonds is 6. The number of benzene rings is 2. The molecular formula is C36H46O8Si3. The number of allylic oxidation sites excluding steroid dienone is 4. The first kappa shape index (κ1) is 37.4. The van der Waals surface area contributed by atoms with Crippen LogP contribution in [0.15, 0.2) is 90.1 Å². The van der Waals surface area contributed by atoms with E-state index in [0.29, 0.717) is 0 Å². The molecule has 0 radical (unpaired) electrons. The van der Waals surface area contributed by atoms with Gasteiger partial charge in [0.15, 0.2) is 0 Å². The molecule has 2 aromatic rings. The summed E-state index contributed by atoms with van der Waals surface area (Å²) in [5.41, 5.74) is 0.871. The maximum atomic E-state index is 11.5. The Labute approximate surface area is 281 Å². The van der Waals surface area contributed by atoms with Gasteiger partial charge in [0.1, 0.15) is 0 Å². The van der Waals surface area contributed by atoms with Crippen molar-refractivity contribution in [3.05, 3.63) is 90.1 Å². The number of carboxylic acids is 4. The fraction of sp³-hybridized carbons (Fsp3) is 0.333. The summed E-state index contributed by atoms with van der Waals surface area (Å²) in [5, 5.41) is 41.0. The summed E-state index contributed by atoms with van der Waals surface area (Å²) in [6.07, 6.45) is 9.10. The number of aliphatic carboxylic acids is 4. The highest BCUT2D eigenvalue weighted by Gasteiger charge is 2.50. The number of hydrogen-bond acceptors (Lipinski definition) is 4. The average molecular weight is 691 g/mol. The van der Waals surface area contributed by atoms with Gasteiger partial charge in [-0.3, -0.25) is 9.59 Å². The van der Waals surface area contributed by atoms with Crippen molar-refractivity contribution in [1.82, 2.24) is 0 Å². The molecule has 0 spiro atoms. The zero-order valence-corrected chi connectivity index (χ0v) is 31.8. The summed E-state index contributed by atoms with van der Waals surface area (Å²) in [7, 11) is -3.42. The summed E-state index contributed by atoms with van der Waals surface area (Å²) >= 11 is 0. The van der Waals surface area contributed by atoms with Crippen LogP contribution in [0, 0.1) is 10.8 Å². The van der Waals surface area contributed by atoms with Gasteiger partial charge in [-0.25, -0.2) is 9.59 Å². The molecule has 3 unspecified atom stereocenters. The summed E-state index contributed by atoms with van der Waals surface area (Å²) in [4.78, 5) is 44.0. The van der Waals surface area contributed by atoms with Crippen LogP contribution in [0.3, 0.4) is 0 Å². The zero-order chi connectivity index (χ0) is 35.5. The first-order valence-corrected chi connectivity index (χ1v) is 24.0. The lowest BCUT2D eigenvalue weighted by Gasteiger charge is -2.41. The molecule has 2 aliphatic carbocycles. The molecule has 1 aliphatic heterocycles. The molecule has 0 bridgehead atoms. The molecule has 4 N–H and O–H groups in total. The molecule has 5 rings (SSSR count). The van der Waals surface area contributed by atoms with Crippen molar-refractivity contribution in [3.8, 4) is 11.1 Å². The second kappa shape index (κ2) is 14.0. The molecule has 0 amide bonds. The highest BCUT2D eigenvalue weighted by Crippen LogP contribution is 2.48. The lowest BCUT2D eigenvalue weighted by molar-refractivity contribution is -0.146. The Morgan fingerprint density at radius 2 is 1.34 bits per heavy atom. The van der Waals surface area contributed by atoms with E-state index in [2.05, 4.69) is 62.1 Å². The Morgan fingerprint density at radius 3 is 1.87 bits per heavy atom. The third-order valence-electron chi connectivity index (χ3n) is 8.91. The first-order chi connectivity index (χ1) is 21.6. The minimum atomic E-state index is -1.96. The van der Waals surface area contributed by atoms with Crippen molar-refractivity contribution in [2.45, 2.75) is 65.1 Å². The number of fused-ring (bicyclic) bond motifs is 3. The normalized spacial score (nSPS) is 23.1. The quantitative estimate of drug-likeness (QED) is 0.271. The molecule has 47 heavy (non-hydrogen) atoms. The zero-order valence-electron chi connectivity index (χ0n) is 28.4. The minimum absolute atomic E-state index is 0.0359. The summed E-state index contributed by atoms with van der Waals surface area (Å²) in [5.74, 6) is -4.05. The Balaban J connectivity index is 0.000000194. The lowest BCUT2D eigenvalue weighted by atomic mass is 9.79. The van der Waals surface area contributed by atoms with Crippen molar-refractivity contribution >= 4 is 65.1 Å². The summed E-state index contributed by atoms with van der Waals surface area (Å²) in [6.45, 7) is 16.4. The maximum Gasteiger partial charge on any atom is 0.331 e. The third-order valence-corrected chi connectivity index (χ3v) is 15.6. The largest absolute Gasteiger partial charge is 0.481 e. The molecule has 8 nitrogen and oxygen atoms in total. The molecular weight excluding hydrogens is 645 g/mol. The van der Waals surface area contributed by atoms with Gasteiger partial charge in [0.2, 0.25) is 0 Å². The smallest absolute Gasteiger partial charge is 0.331 e. The van der Waals surface area contributed by atoms with Gasteiger partial charge >= 0.3 is 23.9 Å². The Bertz CT molecular complexity index is 1710. The fourth-order valence-electron chi connectivity index (χ4n) is 6.62. The summed E-state index contributed by atoms with van der Waals surface area (Å²) < 4.78 is 0. The number of carbonyl (C=O) groups is 4. The van der Waals surface area contributed by atoms with Gasteiger partial charge in [0.25, 0.3) is 0 Å². The van der Waals surface area contributed by atoms with Gasteiger partial charge < -0.3 is 20.4 Å². The second-order valence-electron chi connectivity index (χ2n) is 14.9. The Hall–Kier alpha value is -4.07. The molecule has 3 atom stereocenters. The van der Waals surface area contributed by atoms with Crippen LogP contribution in [-0.2, 0) is 19.2 Å². The monoisotopic (exact) mass is 690 g/mol. The van der Waals surface area contributed by atoms with E-state index in [0.717, 1.165) is 0 Å². The lowest BCUT2D eigenvalue weighted by Crippen LogP contribution is -2.46. The van der Waals surface area contributed by atoms with E-state index < -0.39 is 56.4 Å². The van der Waals surface area contributed by atoms with Gasteiger partial charge in [-0.1, -0.05) is 134 Å². The van der Waals surface area contributed by atoms with Crippen molar-refractivity contribution in [3.63, 3.8) is 0 Å². The van der Waals surface area contributed by atoms with Gasteiger partial charge in [0, 0.05) is 16.7 Å². The molecule has 3 aliphatic rings. The van der Waals surface area contributed by atoms with Crippen LogP contribution in [-0.4, -0.2) is 70.0 Å². The highest BCUT2D eigenvalue weighted by atomic mass is 28.3. The molecule has 0 saturated carbocycles. The van der Waals surface area contributed by atoms with E-state index in [9.17, 15) is 29.4 Å². The van der Waals surface area contributed by atoms with Gasteiger partial charge in [-0.15, -0.1) is 0 Å². The topological polar surface area (TPSA) is 149 Å². The van der Waals surface area contributed by atoms with E-state index >= 15 is 0 Å². The molecule has 2 aromatic carbocycles. The van der Waals surface area contributed by atoms with Crippen molar-refractivity contribution in [2.75, 3.05) is 0 Å². The standard InChI is InChI=1S/C15H18Si2.C12H18O4Si.C9H10O4/c1-17(2,3)14-10-6-9-13-15(14)11-7-4-5-8-12(11)16-13;1-12(11(15)16)7-5-6-8(10(13)14)9(12)17(2,3)4;1-9(8(12)13)4-2-3-6(5-9)7(10)11/h4-10H,16H2,1-3H3;5-7,9H,1-4H3,(H,13,14)(H,15,16);2-4H,5H2,1H3,(H,10,11)(H,12,13). The minimum Gasteiger partial charge on any atom is -0.481 e. The molecule has 0 aromatic heterocycles. The van der Waals surface area contributed by atoms with Crippen LogP contribution in [0.25, 0.3) is 11.1 Å². The van der Waals surface area contributed by atoms with Crippen molar-refractivity contribution < 1.29 is 39.6 Å². The Kier molecular flexibility index (Phi) is 11.1. The van der Waals surface area contributed by atoms with Crippen molar-refractivity contribution in [1.29, 1.82) is 0 Å². The van der Waals surface area contributed by atoms with Crippen LogP contribution in [0.4, 0.5) is 0 Å². The summed E-state index contributed by atoms with van der Waals surface area (Å²) in [6, 6.07) is 16.0. The molecule has 0 saturated heterocycles. The average Bonchev–Trinajstić information content (AvgIpc) is 3.35. The number of hydrogen-bond donors (Lipinski definition) is 4.